The van der Waals surface area contributed by atoms with Crippen LogP contribution in [0.4, 0.5) is 10.8 Å². The molecule has 128 valence electrons. The predicted molar refractivity (Wildman–Crippen MR) is 103 cm³/mol. The summed E-state index contributed by atoms with van der Waals surface area (Å²) in [4.78, 5) is 17.3. The van der Waals surface area contributed by atoms with Gasteiger partial charge in [0.1, 0.15) is 4.88 Å². The van der Waals surface area contributed by atoms with Crippen molar-refractivity contribution in [2.75, 3.05) is 11.9 Å². The molecule has 2 aromatic carbocycles. The lowest BCUT2D eigenvalue weighted by Crippen LogP contribution is -2.03. The lowest BCUT2D eigenvalue weighted by molar-refractivity contribution is 0.0532. The van der Waals surface area contributed by atoms with Crippen LogP contribution in [0.15, 0.2) is 48.5 Å². The first kappa shape index (κ1) is 17.7. The molecule has 0 unspecified atom stereocenters. The number of ether oxygens (including phenoxy) is 1. The molecule has 1 N–H and O–H groups in total. The first-order valence-corrected chi connectivity index (χ1v) is 9.11. The normalized spacial score (nSPS) is 10.5. The Hall–Kier alpha value is -2.08. The molecule has 0 amide bonds. The van der Waals surface area contributed by atoms with Crippen LogP contribution in [0.5, 0.6) is 0 Å². The quantitative estimate of drug-likeness (QED) is 0.537. The van der Waals surface area contributed by atoms with Gasteiger partial charge >= 0.3 is 5.97 Å². The zero-order chi connectivity index (χ0) is 17.8. The summed E-state index contributed by atoms with van der Waals surface area (Å²) in [5.74, 6) is -0.394. The average Bonchev–Trinajstić information content (AvgIpc) is 3.02. The van der Waals surface area contributed by atoms with Crippen molar-refractivity contribution in [1.82, 2.24) is 4.98 Å². The number of carbonyl (C=O) groups excluding carboxylic acids is 1. The molecule has 0 saturated heterocycles. The minimum Gasteiger partial charge on any atom is -0.462 e. The van der Waals surface area contributed by atoms with E-state index in [1.807, 2.05) is 30.3 Å². The molecule has 3 rings (SSSR count). The highest BCUT2D eigenvalue weighted by atomic mass is 35.5. The van der Waals surface area contributed by atoms with Crippen LogP contribution in [0.25, 0.3) is 11.3 Å². The van der Waals surface area contributed by atoms with Crippen LogP contribution in [-0.2, 0) is 4.74 Å². The van der Waals surface area contributed by atoms with E-state index in [4.69, 9.17) is 27.9 Å². The van der Waals surface area contributed by atoms with Gasteiger partial charge in [0.2, 0.25) is 0 Å². The Morgan fingerprint density at radius 1 is 1.20 bits per heavy atom. The van der Waals surface area contributed by atoms with Gasteiger partial charge in [-0.15, -0.1) is 0 Å². The molecule has 1 aromatic heterocycles. The fraction of sp³-hybridized carbons (Fsp3) is 0.111. The minimum atomic E-state index is -0.394. The number of hydrogen-bond donors (Lipinski definition) is 1. The maximum absolute atomic E-state index is 12.3. The van der Waals surface area contributed by atoms with Crippen molar-refractivity contribution in [3.63, 3.8) is 0 Å². The molecular weight excluding hydrogens is 379 g/mol. The Labute approximate surface area is 159 Å². The van der Waals surface area contributed by atoms with Gasteiger partial charge in [0.25, 0.3) is 0 Å². The standard InChI is InChI=1S/C18H14Cl2N2O2S/c1-2-24-17(23)16-15(11-6-4-3-5-7-11)22-18(25-16)21-14-9-8-12(19)10-13(14)20/h3-10H,2H2,1H3,(H,21,22). The molecule has 0 bridgehead atoms. The van der Waals surface area contributed by atoms with Crippen LogP contribution >= 0.6 is 34.5 Å². The number of halogens is 2. The molecule has 25 heavy (non-hydrogen) atoms. The summed E-state index contributed by atoms with van der Waals surface area (Å²) in [5, 5.41) is 4.71. The van der Waals surface area contributed by atoms with Crippen LogP contribution in [0, 0.1) is 0 Å². The van der Waals surface area contributed by atoms with E-state index >= 15 is 0 Å². The van der Waals surface area contributed by atoms with Gasteiger partial charge in [-0.3, -0.25) is 0 Å². The van der Waals surface area contributed by atoms with Gasteiger partial charge in [-0.2, -0.15) is 0 Å². The molecule has 1 heterocycles. The van der Waals surface area contributed by atoms with Crippen LogP contribution in [0.2, 0.25) is 10.0 Å². The van der Waals surface area contributed by atoms with Gasteiger partial charge in [0.15, 0.2) is 5.13 Å². The van der Waals surface area contributed by atoms with Gasteiger partial charge in [-0.25, -0.2) is 9.78 Å². The highest BCUT2D eigenvalue weighted by Gasteiger charge is 2.21. The van der Waals surface area contributed by atoms with Crippen molar-refractivity contribution >= 4 is 51.3 Å². The van der Waals surface area contributed by atoms with Crippen LogP contribution in [0.3, 0.4) is 0 Å². The first-order chi connectivity index (χ1) is 12.1. The predicted octanol–water partition coefficient (Wildman–Crippen LogP) is 6.04. The Balaban J connectivity index is 1.99. The SMILES string of the molecule is CCOC(=O)c1sc(Nc2ccc(Cl)cc2Cl)nc1-c1ccccc1. The zero-order valence-electron chi connectivity index (χ0n) is 13.3. The summed E-state index contributed by atoms with van der Waals surface area (Å²) >= 11 is 13.3. The second-order valence-electron chi connectivity index (χ2n) is 5.03. The number of nitrogens with zero attached hydrogens (tertiary/aromatic N) is 1. The second-order valence-corrected chi connectivity index (χ2v) is 6.88. The number of hydrogen-bond acceptors (Lipinski definition) is 5. The zero-order valence-corrected chi connectivity index (χ0v) is 15.6. The number of anilines is 2. The summed E-state index contributed by atoms with van der Waals surface area (Å²) in [7, 11) is 0. The van der Waals surface area contributed by atoms with Gasteiger partial charge < -0.3 is 10.1 Å². The van der Waals surface area contributed by atoms with E-state index in [9.17, 15) is 4.79 Å². The van der Waals surface area contributed by atoms with E-state index in [0.717, 1.165) is 5.56 Å². The Morgan fingerprint density at radius 3 is 2.64 bits per heavy atom. The highest BCUT2D eigenvalue weighted by Crippen LogP contribution is 2.35. The maximum atomic E-state index is 12.3. The third-order valence-corrected chi connectivity index (χ3v) is 4.81. The molecule has 0 radical (unpaired) electrons. The Morgan fingerprint density at radius 2 is 1.96 bits per heavy atom. The lowest BCUT2D eigenvalue weighted by Gasteiger charge is -2.05. The molecular formula is C18H14Cl2N2O2S. The van der Waals surface area contributed by atoms with Gasteiger partial charge in [0, 0.05) is 10.6 Å². The Kier molecular flexibility index (Phi) is 5.58. The number of nitrogens with one attached hydrogen (secondary N) is 1. The summed E-state index contributed by atoms with van der Waals surface area (Å²) < 4.78 is 5.15. The summed E-state index contributed by atoms with van der Waals surface area (Å²) in [5.41, 5.74) is 2.09. The highest BCUT2D eigenvalue weighted by molar-refractivity contribution is 7.18. The van der Waals surface area contributed by atoms with Crippen molar-refractivity contribution in [3.8, 4) is 11.3 Å². The van der Waals surface area contributed by atoms with Gasteiger partial charge in [0.05, 0.1) is 23.0 Å². The number of benzene rings is 2. The smallest absolute Gasteiger partial charge is 0.350 e. The molecule has 0 fully saturated rings. The van der Waals surface area contributed by atoms with Gasteiger partial charge in [-0.1, -0.05) is 64.9 Å². The third-order valence-electron chi connectivity index (χ3n) is 3.31. The molecule has 0 aliphatic carbocycles. The van der Waals surface area contributed by atoms with Crippen molar-refractivity contribution in [2.45, 2.75) is 6.92 Å². The summed E-state index contributed by atoms with van der Waals surface area (Å²) in [6.45, 7) is 2.07. The van der Waals surface area contributed by atoms with E-state index in [-0.39, 0.29) is 0 Å². The number of thiazole rings is 1. The van der Waals surface area contributed by atoms with E-state index in [0.29, 0.717) is 38.0 Å². The van der Waals surface area contributed by atoms with E-state index < -0.39 is 5.97 Å². The number of carbonyl (C=O) groups is 1. The number of aromatic nitrogens is 1. The first-order valence-electron chi connectivity index (χ1n) is 7.54. The molecule has 0 spiro atoms. The molecule has 4 nitrogen and oxygen atoms in total. The summed E-state index contributed by atoms with van der Waals surface area (Å²) in [6.07, 6.45) is 0. The molecule has 0 aliphatic heterocycles. The van der Waals surface area contributed by atoms with E-state index in [1.165, 1.54) is 11.3 Å². The van der Waals surface area contributed by atoms with Crippen molar-refractivity contribution < 1.29 is 9.53 Å². The minimum absolute atomic E-state index is 0.302. The lowest BCUT2D eigenvalue weighted by atomic mass is 10.1. The topological polar surface area (TPSA) is 51.2 Å². The molecule has 0 aliphatic rings. The van der Waals surface area contributed by atoms with Crippen molar-refractivity contribution in [3.05, 3.63) is 63.5 Å². The maximum Gasteiger partial charge on any atom is 0.350 e. The van der Waals surface area contributed by atoms with Gasteiger partial charge in [-0.05, 0) is 25.1 Å². The van der Waals surface area contributed by atoms with Crippen LogP contribution < -0.4 is 5.32 Å². The molecule has 3 aromatic rings. The fourth-order valence-corrected chi connectivity index (χ4v) is 3.56. The number of rotatable bonds is 5. The Bertz CT molecular complexity index is 897. The average molecular weight is 393 g/mol. The van der Waals surface area contributed by atoms with Crippen LogP contribution in [0.1, 0.15) is 16.6 Å². The fourth-order valence-electron chi connectivity index (χ4n) is 2.21. The van der Waals surface area contributed by atoms with E-state index in [2.05, 4.69) is 10.3 Å². The van der Waals surface area contributed by atoms with Crippen molar-refractivity contribution in [1.29, 1.82) is 0 Å². The number of esters is 1. The summed E-state index contributed by atoms with van der Waals surface area (Å²) in [6, 6.07) is 14.6. The second kappa shape index (κ2) is 7.87. The molecule has 0 saturated carbocycles. The monoisotopic (exact) mass is 392 g/mol. The molecule has 0 atom stereocenters. The third kappa shape index (κ3) is 4.12. The van der Waals surface area contributed by atoms with Crippen molar-refractivity contribution in [2.24, 2.45) is 0 Å². The molecule has 7 heteroatoms. The largest absolute Gasteiger partial charge is 0.462 e. The van der Waals surface area contributed by atoms with E-state index in [1.54, 1.807) is 25.1 Å². The van der Waals surface area contributed by atoms with Crippen LogP contribution in [-0.4, -0.2) is 17.6 Å².